The summed E-state index contributed by atoms with van der Waals surface area (Å²) >= 11 is 4.00. The van der Waals surface area contributed by atoms with Crippen LogP contribution in [0.2, 0.25) is 0 Å². The smallest absolute Gasteiger partial charge is 0.188 e. The van der Waals surface area contributed by atoms with E-state index in [0.717, 1.165) is 0 Å². The molecule has 0 bridgehead atoms. The Labute approximate surface area is 135 Å². The van der Waals surface area contributed by atoms with E-state index < -0.39 is 0 Å². The summed E-state index contributed by atoms with van der Waals surface area (Å²) in [5.74, 6) is 2.53. The molecule has 2 aromatic rings. The first-order valence-electron chi connectivity index (χ1n) is 6.22. The minimum atomic E-state index is 0. The predicted molar refractivity (Wildman–Crippen MR) is 83.8 cm³/mol. The van der Waals surface area contributed by atoms with Gasteiger partial charge in [0.15, 0.2) is 0 Å². The van der Waals surface area contributed by atoms with Crippen molar-refractivity contribution in [3.8, 4) is 11.1 Å². The Morgan fingerprint density at radius 3 is 1.95 bits per heavy atom. The minimum absolute atomic E-state index is 0. The second kappa shape index (κ2) is 7.41. The molecule has 1 heterocycles. The minimum Gasteiger partial charge on any atom is -0.188 e. The molecule has 0 N–H and O–H groups in total. The zero-order chi connectivity index (χ0) is 12.2. The molecule has 0 saturated carbocycles. The normalized spacial score (nSPS) is 14.8. The first kappa shape index (κ1) is 15.0. The molecule has 2 aromatic carbocycles. The van der Waals surface area contributed by atoms with E-state index in [1.807, 2.05) is 23.5 Å². The summed E-state index contributed by atoms with van der Waals surface area (Å²) < 4.78 is 1.49. The Morgan fingerprint density at radius 2 is 1.32 bits per heavy atom. The van der Waals surface area contributed by atoms with Gasteiger partial charge in [-0.1, -0.05) is 34.9 Å². The molecule has 19 heavy (non-hydrogen) atoms. The molecule has 0 aromatic heterocycles. The molecule has 92 valence electrons. The van der Waals surface area contributed by atoms with Crippen LogP contribution in [0.25, 0.3) is 11.1 Å². The summed E-state index contributed by atoms with van der Waals surface area (Å²) in [6.07, 6.45) is 1.33. The Balaban J connectivity index is 0.00000133. The van der Waals surface area contributed by atoms with Crippen LogP contribution in [0.5, 0.6) is 0 Å². The van der Waals surface area contributed by atoms with Gasteiger partial charge in [0.25, 0.3) is 0 Å². The Morgan fingerprint density at radius 1 is 0.737 bits per heavy atom. The first-order valence-corrected chi connectivity index (χ1v) is 8.19. The maximum absolute atomic E-state index is 2.25. The van der Waals surface area contributed by atoms with Gasteiger partial charge in [-0.25, -0.2) is 0 Å². The van der Waals surface area contributed by atoms with Gasteiger partial charge in [0.05, 0.1) is 0 Å². The SMILES string of the molecule is [Li+].c1ccc(-c2ccc([C-]3SCCCS3)cc2)cc1. The average Bonchev–Trinajstić information content (AvgIpc) is 2.49. The predicted octanol–water partition coefficient (Wildman–Crippen LogP) is 2.07. The standard InChI is InChI=1S/C16H15S2.Li/c1-2-5-13(6-3-1)14-7-9-15(10-8-14)16-17-11-4-12-18-16;/h1-3,5-10H,4,11-12H2;/q-1;+1. The third kappa shape index (κ3) is 3.80. The van der Waals surface area contributed by atoms with E-state index in [9.17, 15) is 0 Å². The van der Waals surface area contributed by atoms with Gasteiger partial charge in [-0.2, -0.15) is 41.2 Å². The fourth-order valence-corrected chi connectivity index (χ4v) is 4.60. The van der Waals surface area contributed by atoms with Gasteiger partial charge in [-0.3, -0.25) is 0 Å². The van der Waals surface area contributed by atoms with Gasteiger partial charge in [-0.15, -0.1) is 12.1 Å². The van der Waals surface area contributed by atoms with Gasteiger partial charge < -0.3 is 0 Å². The van der Waals surface area contributed by atoms with Crippen LogP contribution in [0.1, 0.15) is 12.0 Å². The van der Waals surface area contributed by atoms with Crippen LogP contribution >= 0.6 is 23.5 Å². The van der Waals surface area contributed by atoms with Crippen molar-refractivity contribution in [2.24, 2.45) is 0 Å². The quantitative estimate of drug-likeness (QED) is 0.609. The largest absolute Gasteiger partial charge is 1.00 e. The monoisotopic (exact) mass is 278 g/mol. The molecule has 0 amide bonds. The molecule has 1 saturated heterocycles. The molecule has 3 rings (SSSR count). The number of rotatable bonds is 2. The van der Waals surface area contributed by atoms with Crippen molar-refractivity contribution < 1.29 is 18.9 Å². The molecule has 0 nitrogen and oxygen atoms in total. The molecule has 0 atom stereocenters. The molecule has 0 unspecified atom stereocenters. The van der Waals surface area contributed by atoms with Crippen molar-refractivity contribution >= 4 is 23.5 Å². The van der Waals surface area contributed by atoms with Gasteiger partial charge in [0.2, 0.25) is 0 Å². The fraction of sp³-hybridized carbons (Fsp3) is 0.188. The number of thioether (sulfide) groups is 2. The van der Waals surface area contributed by atoms with Crippen LogP contribution in [-0.4, -0.2) is 11.5 Å². The van der Waals surface area contributed by atoms with Crippen LogP contribution in [0.3, 0.4) is 0 Å². The van der Waals surface area contributed by atoms with Gasteiger partial charge in [0, 0.05) is 0 Å². The molecule has 1 aliphatic heterocycles. The van der Waals surface area contributed by atoms with Crippen LogP contribution in [-0.2, 0) is 0 Å². The van der Waals surface area contributed by atoms with Crippen molar-refractivity contribution in [1.82, 2.24) is 0 Å². The van der Waals surface area contributed by atoms with Gasteiger partial charge in [-0.05, 0) is 29.1 Å². The molecule has 1 aliphatic rings. The van der Waals surface area contributed by atoms with E-state index in [4.69, 9.17) is 0 Å². The van der Waals surface area contributed by atoms with Crippen molar-refractivity contribution in [2.45, 2.75) is 6.42 Å². The molecule has 3 heteroatoms. The summed E-state index contributed by atoms with van der Waals surface area (Å²) in [6, 6.07) is 19.5. The van der Waals surface area contributed by atoms with E-state index in [1.165, 1.54) is 39.2 Å². The van der Waals surface area contributed by atoms with Gasteiger partial charge >= 0.3 is 18.9 Å². The number of benzene rings is 2. The second-order valence-electron chi connectivity index (χ2n) is 4.28. The van der Waals surface area contributed by atoms with Crippen molar-refractivity contribution in [1.29, 1.82) is 0 Å². The molecule has 0 spiro atoms. The maximum atomic E-state index is 2.25. The van der Waals surface area contributed by atoms with Crippen molar-refractivity contribution in [3.63, 3.8) is 0 Å². The maximum Gasteiger partial charge on any atom is 1.00 e. The molecular weight excluding hydrogens is 263 g/mol. The van der Waals surface area contributed by atoms with Crippen LogP contribution in [0.4, 0.5) is 0 Å². The average molecular weight is 278 g/mol. The summed E-state index contributed by atoms with van der Waals surface area (Å²) in [6.45, 7) is 0. The molecule has 0 aliphatic carbocycles. The Kier molecular flexibility index (Phi) is 5.85. The molecular formula is C16H15LiS2. The van der Waals surface area contributed by atoms with E-state index in [2.05, 4.69) is 54.6 Å². The van der Waals surface area contributed by atoms with E-state index in [-0.39, 0.29) is 18.9 Å². The third-order valence-electron chi connectivity index (χ3n) is 2.98. The Bertz CT molecular complexity index is 490. The third-order valence-corrected chi connectivity index (χ3v) is 5.67. The van der Waals surface area contributed by atoms with E-state index >= 15 is 0 Å². The zero-order valence-electron chi connectivity index (χ0n) is 11.1. The van der Waals surface area contributed by atoms with E-state index in [0.29, 0.717) is 0 Å². The fourth-order valence-electron chi connectivity index (χ4n) is 2.03. The molecule has 0 radical (unpaired) electrons. The van der Waals surface area contributed by atoms with Crippen molar-refractivity contribution in [3.05, 3.63) is 64.7 Å². The van der Waals surface area contributed by atoms with Crippen LogP contribution in [0, 0.1) is 4.58 Å². The Hall–Kier alpha value is -0.393. The first-order chi connectivity index (χ1) is 8.93. The van der Waals surface area contributed by atoms with Crippen LogP contribution < -0.4 is 18.9 Å². The summed E-state index contributed by atoms with van der Waals surface area (Å²) in [7, 11) is 0. The number of hydrogen-bond acceptors (Lipinski definition) is 2. The van der Waals surface area contributed by atoms with Crippen molar-refractivity contribution in [2.75, 3.05) is 11.5 Å². The van der Waals surface area contributed by atoms with E-state index in [1.54, 1.807) is 0 Å². The summed E-state index contributed by atoms with van der Waals surface area (Å²) in [5, 5.41) is 0. The zero-order valence-corrected chi connectivity index (χ0v) is 12.8. The number of hydrogen-bond donors (Lipinski definition) is 0. The topological polar surface area (TPSA) is 0 Å². The molecule has 1 fully saturated rings. The summed E-state index contributed by atoms with van der Waals surface area (Å²) in [4.78, 5) is 0. The summed E-state index contributed by atoms with van der Waals surface area (Å²) in [5.41, 5.74) is 3.97. The van der Waals surface area contributed by atoms with Crippen LogP contribution in [0.15, 0.2) is 54.6 Å². The van der Waals surface area contributed by atoms with Gasteiger partial charge in [0.1, 0.15) is 0 Å². The second-order valence-corrected chi connectivity index (χ2v) is 6.75.